The first-order chi connectivity index (χ1) is 9.81. The second-order valence-electron chi connectivity index (χ2n) is 6.47. The van der Waals surface area contributed by atoms with Gasteiger partial charge in [0.2, 0.25) is 0 Å². The van der Waals surface area contributed by atoms with Crippen molar-refractivity contribution in [3.05, 3.63) is 29.8 Å². The number of hydrogen-bond acceptors (Lipinski definition) is 2. The van der Waals surface area contributed by atoms with E-state index in [4.69, 9.17) is 4.74 Å². The highest BCUT2D eigenvalue weighted by atomic mass is 16.5. The summed E-state index contributed by atoms with van der Waals surface area (Å²) in [6, 6.07) is 7.76. The SMILES string of the molecule is Cc1cccc(OC(C)C(=O)NCC(C(C)C)C(C)C)c1. The molecule has 0 aliphatic rings. The molecule has 1 aromatic rings. The topological polar surface area (TPSA) is 38.3 Å². The standard InChI is InChI=1S/C18H29NO2/c1-12(2)17(13(3)4)11-19-18(20)15(6)21-16-9-7-8-14(5)10-16/h7-10,12-13,15,17H,11H2,1-6H3,(H,19,20). The predicted molar refractivity (Wildman–Crippen MR) is 87.4 cm³/mol. The van der Waals surface area contributed by atoms with Crippen LogP contribution in [0, 0.1) is 24.7 Å². The van der Waals surface area contributed by atoms with E-state index in [0.29, 0.717) is 24.3 Å². The number of ether oxygens (including phenoxy) is 1. The lowest BCUT2D eigenvalue weighted by Crippen LogP contribution is -2.40. The van der Waals surface area contributed by atoms with Crippen molar-refractivity contribution in [3.63, 3.8) is 0 Å². The van der Waals surface area contributed by atoms with Gasteiger partial charge in [0.25, 0.3) is 5.91 Å². The highest BCUT2D eigenvalue weighted by Crippen LogP contribution is 2.19. The van der Waals surface area contributed by atoms with Gasteiger partial charge < -0.3 is 10.1 Å². The molecule has 0 radical (unpaired) electrons. The third-order valence-electron chi connectivity index (χ3n) is 3.90. The van der Waals surface area contributed by atoms with Crippen LogP contribution in [-0.4, -0.2) is 18.6 Å². The lowest BCUT2D eigenvalue weighted by Gasteiger charge is -2.26. The number of benzene rings is 1. The Kier molecular flexibility index (Phi) is 6.73. The normalized spacial score (nSPS) is 12.8. The number of amides is 1. The molecule has 0 spiro atoms. The summed E-state index contributed by atoms with van der Waals surface area (Å²) in [6.45, 7) is 13.3. The van der Waals surface area contributed by atoms with Gasteiger partial charge in [-0.25, -0.2) is 0 Å². The fourth-order valence-corrected chi connectivity index (χ4v) is 2.55. The molecule has 0 heterocycles. The molecule has 21 heavy (non-hydrogen) atoms. The van der Waals surface area contributed by atoms with Gasteiger partial charge in [-0.15, -0.1) is 0 Å². The van der Waals surface area contributed by atoms with Crippen LogP contribution >= 0.6 is 0 Å². The van der Waals surface area contributed by atoms with E-state index >= 15 is 0 Å². The zero-order valence-corrected chi connectivity index (χ0v) is 14.1. The highest BCUT2D eigenvalue weighted by molar-refractivity contribution is 5.80. The van der Waals surface area contributed by atoms with Gasteiger partial charge in [0.15, 0.2) is 6.10 Å². The fourth-order valence-electron chi connectivity index (χ4n) is 2.55. The number of nitrogens with one attached hydrogen (secondary N) is 1. The van der Waals surface area contributed by atoms with Gasteiger partial charge >= 0.3 is 0 Å². The van der Waals surface area contributed by atoms with Crippen LogP contribution in [0.1, 0.15) is 40.2 Å². The molecule has 1 unspecified atom stereocenters. The molecule has 3 heteroatoms. The molecule has 3 nitrogen and oxygen atoms in total. The molecule has 0 bridgehead atoms. The zero-order valence-electron chi connectivity index (χ0n) is 14.1. The lowest BCUT2D eigenvalue weighted by molar-refractivity contribution is -0.127. The van der Waals surface area contributed by atoms with E-state index in [2.05, 4.69) is 33.0 Å². The van der Waals surface area contributed by atoms with Crippen molar-refractivity contribution in [3.8, 4) is 5.75 Å². The average molecular weight is 291 g/mol. The van der Waals surface area contributed by atoms with Crippen molar-refractivity contribution in [1.29, 1.82) is 0 Å². The van der Waals surface area contributed by atoms with Gasteiger partial charge in [0.05, 0.1) is 0 Å². The molecule has 1 aromatic carbocycles. The van der Waals surface area contributed by atoms with Crippen LogP contribution in [0.4, 0.5) is 0 Å². The first-order valence-corrected chi connectivity index (χ1v) is 7.82. The van der Waals surface area contributed by atoms with Gasteiger partial charge in [-0.2, -0.15) is 0 Å². The van der Waals surface area contributed by atoms with Crippen LogP contribution in [0.5, 0.6) is 5.75 Å². The second-order valence-corrected chi connectivity index (χ2v) is 6.47. The van der Waals surface area contributed by atoms with Crippen molar-refractivity contribution in [2.75, 3.05) is 6.54 Å². The summed E-state index contributed by atoms with van der Waals surface area (Å²) in [4.78, 5) is 12.1. The lowest BCUT2D eigenvalue weighted by atomic mass is 9.85. The average Bonchev–Trinajstić information content (AvgIpc) is 2.37. The van der Waals surface area contributed by atoms with Gasteiger partial charge in [0, 0.05) is 6.54 Å². The maximum atomic E-state index is 12.1. The molecule has 1 amide bonds. The van der Waals surface area contributed by atoms with E-state index in [1.807, 2.05) is 31.2 Å². The maximum absolute atomic E-state index is 12.1. The smallest absolute Gasteiger partial charge is 0.260 e. The Hall–Kier alpha value is -1.51. The summed E-state index contributed by atoms with van der Waals surface area (Å²) < 4.78 is 5.70. The number of aryl methyl sites for hydroxylation is 1. The van der Waals surface area contributed by atoms with E-state index < -0.39 is 6.10 Å². The van der Waals surface area contributed by atoms with Crippen LogP contribution in [0.25, 0.3) is 0 Å². The molecule has 0 saturated carbocycles. The molecule has 0 fully saturated rings. The molecule has 0 saturated heterocycles. The summed E-state index contributed by atoms with van der Waals surface area (Å²) in [7, 11) is 0. The van der Waals surface area contributed by atoms with Crippen LogP contribution in [0.15, 0.2) is 24.3 Å². The molecule has 0 aromatic heterocycles. The minimum absolute atomic E-state index is 0.0530. The van der Waals surface area contributed by atoms with Gasteiger partial charge in [-0.1, -0.05) is 39.8 Å². The fraction of sp³-hybridized carbons (Fsp3) is 0.611. The van der Waals surface area contributed by atoms with Gasteiger partial charge in [-0.05, 0) is 49.3 Å². The van der Waals surface area contributed by atoms with Crippen LogP contribution in [0.3, 0.4) is 0 Å². The second kappa shape index (κ2) is 8.06. The minimum atomic E-state index is -0.480. The number of hydrogen-bond donors (Lipinski definition) is 1. The first-order valence-electron chi connectivity index (χ1n) is 7.82. The predicted octanol–water partition coefficient (Wildman–Crippen LogP) is 3.81. The van der Waals surface area contributed by atoms with E-state index in [-0.39, 0.29) is 5.91 Å². The van der Waals surface area contributed by atoms with Gasteiger partial charge in [0.1, 0.15) is 5.75 Å². The molecule has 0 aliphatic carbocycles. The Morgan fingerprint density at radius 2 is 1.76 bits per heavy atom. The Morgan fingerprint density at radius 1 is 1.14 bits per heavy atom. The Bertz CT molecular complexity index is 446. The molecule has 1 N–H and O–H groups in total. The summed E-state index contributed by atoms with van der Waals surface area (Å²) in [5.74, 6) is 2.28. The Labute approximate surface area is 129 Å². The molecular weight excluding hydrogens is 262 g/mol. The molecule has 1 rings (SSSR count). The van der Waals surface area contributed by atoms with Crippen LogP contribution in [0.2, 0.25) is 0 Å². The number of carbonyl (C=O) groups is 1. The highest BCUT2D eigenvalue weighted by Gasteiger charge is 2.20. The molecular formula is C18H29NO2. The van der Waals surface area contributed by atoms with Crippen LogP contribution < -0.4 is 10.1 Å². The van der Waals surface area contributed by atoms with Crippen molar-refractivity contribution in [2.24, 2.45) is 17.8 Å². The molecule has 1 atom stereocenters. The van der Waals surface area contributed by atoms with E-state index in [1.54, 1.807) is 6.92 Å². The zero-order chi connectivity index (χ0) is 16.0. The van der Waals surface area contributed by atoms with Crippen molar-refractivity contribution < 1.29 is 9.53 Å². The Morgan fingerprint density at radius 3 is 2.29 bits per heavy atom. The summed E-state index contributed by atoms with van der Waals surface area (Å²) in [5, 5.41) is 3.02. The number of carbonyl (C=O) groups excluding carboxylic acids is 1. The van der Waals surface area contributed by atoms with Gasteiger partial charge in [-0.3, -0.25) is 4.79 Å². The monoisotopic (exact) mass is 291 g/mol. The maximum Gasteiger partial charge on any atom is 0.260 e. The van der Waals surface area contributed by atoms with Crippen LogP contribution in [-0.2, 0) is 4.79 Å². The summed E-state index contributed by atoms with van der Waals surface area (Å²) >= 11 is 0. The quantitative estimate of drug-likeness (QED) is 0.829. The largest absolute Gasteiger partial charge is 0.481 e. The minimum Gasteiger partial charge on any atom is -0.481 e. The third-order valence-corrected chi connectivity index (χ3v) is 3.90. The number of rotatable bonds is 7. The molecule has 118 valence electrons. The Balaban J connectivity index is 2.51. The van der Waals surface area contributed by atoms with Crippen molar-refractivity contribution in [1.82, 2.24) is 5.32 Å². The third kappa shape index (κ3) is 5.78. The van der Waals surface area contributed by atoms with Crippen molar-refractivity contribution in [2.45, 2.75) is 47.6 Å². The summed E-state index contributed by atoms with van der Waals surface area (Å²) in [6.07, 6.45) is -0.480. The molecule has 0 aliphatic heterocycles. The van der Waals surface area contributed by atoms with E-state index in [0.717, 1.165) is 11.3 Å². The first kappa shape index (κ1) is 17.5. The van der Waals surface area contributed by atoms with Crippen molar-refractivity contribution >= 4 is 5.91 Å². The van der Waals surface area contributed by atoms with E-state index in [1.165, 1.54) is 0 Å². The van der Waals surface area contributed by atoms with E-state index in [9.17, 15) is 4.79 Å². The summed E-state index contributed by atoms with van der Waals surface area (Å²) in [5.41, 5.74) is 1.12.